The molecule has 1 fully saturated rings. The number of benzene rings is 1. The summed E-state index contributed by atoms with van der Waals surface area (Å²) in [5.74, 6) is 0.601. The van der Waals surface area contributed by atoms with Crippen molar-refractivity contribution >= 4 is 17.6 Å². The summed E-state index contributed by atoms with van der Waals surface area (Å²) in [6.07, 6.45) is 2.56. The molecule has 0 saturated carbocycles. The van der Waals surface area contributed by atoms with Gasteiger partial charge >= 0.3 is 6.03 Å². The predicted octanol–water partition coefficient (Wildman–Crippen LogP) is 2.85. The summed E-state index contributed by atoms with van der Waals surface area (Å²) in [5.41, 5.74) is 0.686. The van der Waals surface area contributed by atoms with E-state index in [1.54, 1.807) is 18.1 Å². The quantitative estimate of drug-likeness (QED) is 0.870. The van der Waals surface area contributed by atoms with Crippen molar-refractivity contribution in [2.45, 2.75) is 39.2 Å². The van der Waals surface area contributed by atoms with Crippen molar-refractivity contribution < 1.29 is 14.3 Å². The minimum absolute atomic E-state index is 0.0447. The maximum Gasteiger partial charge on any atom is 0.321 e. The molecule has 1 heterocycles. The van der Waals surface area contributed by atoms with Crippen LogP contribution < -0.4 is 15.4 Å². The van der Waals surface area contributed by atoms with Gasteiger partial charge in [0, 0.05) is 30.9 Å². The molecule has 0 aromatic heterocycles. The first-order valence-corrected chi connectivity index (χ1v) is 8.53. The van der Waals surface area contributed by atoms with Crippen LogP contribution in [0.4, 0.5) is 10.5 Å². The Hall–Kier alpha value is -2.24. The molecule has 0 radical (unpaired) electrons. The van der Waals surface area contributed by atoms with Gasteiger partial charge in [-0.3, -0.25) is 4.79 Å². The van der Waals surface area contributed by atoms with Gasteiger partial charge in [0.05, 0.1) is 13.0 Å². The van der Waals surface area contributed by atoms with Crippen LogP contribution in [0.5, 0.6) is 5.75 Å². The highest BCUT2D eigenvalue weighted by molar-refractivity contribution is 5.90. The Bertz CT molecular complexity index is 576. The molecule has 1 aromatic rings. The number of likely N-dealkylation sites (tertiary alicyclic amines) is 1. The fourth-order valence-electron chi connectivity index (χ4n) is 2.74. The molecule has 0 unspecified atom stereocenters. The fourth-order valence-corrected chi connectivity index (χ4v) is 2.74. The third kappa shape index (κ3) is 4.88. The lowest BCUT2D eigenvalue weighted by molar-refractivity contribution is -0.126. The number of methoxy groups -OCH3 is 1. The summed E-state index contributed by atoms with van der Waals surface area (Å²) >= 11 is 0. The van der Waals surface area contributed by atoms with Crippen LogP contribution in [0, 0.1) is 5.92 Å². The van der Waals surface area contributed by atoms with E-state index in [1.807, 2.05) is 32.0 Å². The Morgan fingerprint density at radius 1 is 1.42 bits per heavy atom. The van der Waals surface area contributed by atoms with Crippen molar-refractivity contribution in [1.82, 2.24) is 10.2 Å². The molecule has 6 heteroatoms. The summed E-state index contributed by atoms with van der Waals surface area (Å²) in [5, 5.41) is 5.88. The molecule has 2 atom stereocenters. The maximum atomic E-state index is 12.5. The molecule has 1 aliphatic heterocycles. The molecule has 3 amide bonds. The van der Waals surface area contributed by atoms with E-state index in [-0.39, 0.29) is 23.9 Å². The molecule has 24 heavy (non-hydrogen) atoms. The van der Waals surface area contributed by atoms with E-state index in [0.717, 1.165) is 19.3 Å². The second-order valence-electron chi connectivity index (χ2n) is 6.27. The molecule has 6 nitrogen and oxygen atoms in total. The molecular weight excluding hydrogens is 306 g/mol. The average Bonchev–Trinajstić information content (AvgIpc) is 2.61. The number of amides is 3. The van der Waals surface area contributed by atoms with E-state index in [9.17, 15) is 9.59 Å². The number of rotatable bonds is 5. The molecule has 2 N–H and O–H groups in total. The van der Waals surface area contributed by atoms with E-state index in [4.69, 9.17) is 4.74 Å². The Kier molecular flexibility index (Phi) is 6.46. The van der Waals surface area contributed by atoms with Gasteiger partial charge < -0.3 is 20.3 Å². The summed E-state index contributed by atoms with van der Waals surface area (Å²) in [6, 6.07) is 7.23. The van der Waals surface area contributed by atoms with Gasteiger partial charge in [-0.25, -0.2) is 4.79 Å². The zero-order valence-corrected chi connectivity index (χ0v) is 14.7. The molecule has 132 valence electrons. The van der Waals surface area contributed by atoms with Crippen LogP contribution in [0.1, 0.15) is 33.1 Å². The third-order valence-electron chi connectivity index (χ3n) is 4.40. The van der Waals surface area contributed by atoms with Gasteiger partial charge in [0.15, 0.2) is 0 Å². The number of carbonyl (C=O) groups excluding carboxylic acids is 2. The average molecular weight is 333 g/mol. The SMILES string of the molecule is CC[C@@H](C)NC(=O)[C@@H]1CCCN(C(=O)Nc2cccc(OC)c2)C1. The summed E-state index contributed by atoms with van der Waals surface area (Å²) < 4.78 is 5.16. The lowest BCUT2D eigenvalue weighted by Crippen LogP contribution is -2.48. The van der Waals surface area contributed by atoms with E-state index in [2.05, 4.69) is 10.6 Å². The number of carbonyl (C=O) groups is 2. The molecule has 1 aliphatic rings. The van der Waals surface area contributed by atoms with Crippen LogP contribution in [-0.2, 0) is 4.79 Å². The summed E-state index contributed by atoms with van der Waals surface area (Å²) in [7, 11) is 1.59. The normalized spacial score (nSPS) is 18.6. The second-order valence-corrected chi connectivity index (χ2v) is 6.27. The molecule has 0 aliphatic carbocycles. The fraction of sp³-hybridized carbons (Fsp3) is 0.556. The standard InChI is InChI=1S/C18H27N3O3/c1-4-13(2)19-17(22)14-7-6-10-21(12-14)18(23)20-15-8-5-9-16(11-15)24-3/h5,8-9,11,13-14H,4,6-7,10,12H2,1-3H3,(H,19,22)(H,20,23)/t13-,14-/m1/s1. The highest BCUT2D eigenvalue weighted by Gasteiger charge is 2.28. The first-order chi connectivity index (χ1) is 11.5. The third-order valence-corrected chi connectivity index (χ3v) is 4.40. The Balaban J connectivity index is 1.93. The van der Waals surface area contributed by atoms with Gasteiger partial charge in [0.2, 0.25) is 5.91 Å². The predicted molar refractivity (Wildman–Crippen MR) is 94.2 cm³/mol. The van der Waals surface area contributed by atoms with Crippen molar-refractivity contribution in [2.24, 2.45) is 5.92 Å². The van der Waals surface area contributed by atoms with Crippen LogP contribution in [-0.4, -0.2) is 43.1 Å². The van der Waals surface area contributed by atoms with E-state index >= 15 is 0 Å². The van der Waals surface area contributed by atoms with Gasteiger partial charge in [0.1, 0.15) is 5.75 Å². The van der Waals surface area contributed by atoms with E-state index < -0.39 is 0 Å². The molecule has 0 bridgehead atoms. The summed E-state index contributed by atoms with van der Waals surface area (Å²) in [4.78, 5) is 26.5. The number of urea groups is 1. The van der Waals surface area contributed by atoms with Crippen LogP contribution in [0.15, 0.2) is 24.3 Å². The highest BCUT2D eigenvalue weighted by atomic mass is 16.5. The zero-order valence-electron chi connectivity index (χ0n) is 14.7. The Labute approximate surface area is 143 Å². The number of piperidine rings is 1. The van der Waals surface area contributed by atoms with Gasteiger partial charge in [-0.2, -0.15) is 0 Å². The highest BCUT2D eigenvalue weighted by Crippen LogP contribution is 2.20. The Morgan fingerprint density at radius 3 is 2.92 bits per heavy atom. The van der Waals surface area contributed by atoms with Gasteiger partial charge in [0.25, 0.3) is 0 Å². The van der Waals surface area contributed by atoms with Crippen molar-refractivity contribution in [1.29, 1.82) is 0 Å². The van der Waals surface area contributed by atoms with Gasteiger partial charge in [-0.1, -0.05) is 13.0 Å². The van der Waals surface area contributed by atoms with Crippen molar-refractivity contribution in [3.8, 4) is 5.75 Å². The van der Waals surface area contributed by atoms with Crippen molar-refractivity contribution in [2.75, 3.05) is 25.5 Å². The zero-order chi connectivity index (χ0) is 17.5. The number of hydrogen-bond donors (Lipinski definition) is 2. The van der Waals surface area contributed by atoms with Crippen LogP contribution in [0.25, 0.3) is 0 Å². The van der Waals surface area contributed by atoms with Crippen LogP contribution in [0.2, 0.25) is 0 Å². The smallest absolute Gasteiger partial charge is 0.321 e. The first-order valence-electron chi connectivity index (χ1n) is 8.53. The Morgan fingerprint density at radius 2 is 2.21 bits per heavy atom. The molecule has 1 saturated heterocycles. The van der Waals surface area contributed by atoms with Crippen molar-refractivity contribution in [3.63, 3.8) is 0 Å². The molecule has 2 rings (SSSR count). The van der Waals surface area contributed by atoms with Crippen LogP contribution in [0.3, 0.4) is 0 Å². The number of nitrogens with one attached hydrogen (secondary N) is 2. The van der Waals surface area contributed by atoms with E-state index in [0.29, 0.717) is 24.5 Å². The lowest BCUT2D eigenvalue weighted by Gasteiger charge is -2.32. The summed E-state index contributed by atoms with van der Waals surface area (Å²) in [6.45, 7) is 5.16. The van der Waals surface area contributed by atoms with E-state index in [1.165, 1.54) is 0 Å². The molecule has 0 spiro atoms. The number of ether oxygens (including phenoxy) is 1. The second kappa shape index (κ2) is 8.57. The molecular formula is C18H27N3O3. The first kappa shape index (κ1) is 18.1. The van der Waals surface area contributed by atoms with Gasteiger partial charge in [-0.05, 0) is 38.3 Å². The topological polar surface area (TPSA) is 70.7 Å². The van der Waals surface area contributed by atoms with Gasteiger partial charge in [-0.15, -0.1) is 0 Å². The van der Waals surface area contributed by atoms with Crippen molar-refractivity contribution in [3.05, 3.63) is 24.3 Å². The molecule has 1 aromatic carbocycles. The number of nitrogens with zero attached hydrogens (tertiary/aromatic N) is 1. The largest absolute Gasteiger partial charge is 0.497 e. The minimum atomic E-state index is -0.177. The number of hydrogen-bond acceptors (Lipinski definition) is 3. The monoisotopic (exact) mass is 333 g/mol. The lowest BCUT2D eigenvalue weighted by atomic mass is 9.97. The van der Waals surface area contributed by atoms with Crippen LogP contribution >= 0.6 is 0 Å². The number of anilines is 1. The minimum Gasteiger partial charge on any atom is -0.497 e. The maximum absolute atomic E-state index is 12.5.